The highest BCUT2D eigenvalue weighted by molar-refractivity contribution is 7.92. The fourth-order valence-electron chi connectivity index (χ4n) is 4.19. The molecule has 0 fully saturated rings. The van der Waals surface area contributed by atoms with E-state index in [1.807, 2.05) is 6.07 Å². The minimum absolute atomic E-state index is 0.00140. The molecule has 0 atom stereocenters. The van der Waals surface area contributed by atoms with Crippen molar-refractivity contribution in [3.8, 4) is 0 Å². The van der Waals surface area contributed by atoms with Crippen LogP contribution in [0.2, 0.25) is 0 Å². The third-order valence-corrected chi connectivity index (χ3v) is 7.28. The zero-order valence-corrected chi connectivity index (χ0v) is 22.2. The molecular weight excluding hydrogens is 532 g/mol. The number of carbonyl (C=O) groups excluding carboxylic acids is 1. The molecule has 1 aliphatic rings. The number of aliphatic imine (C=N–C) groups is 1. The molecule has 0 unspecified atom stereocenters. The lowest BCUT2D eigenvalue weighted by Gasteiger charge is -2.19. The van der Waals surface area contributed by atoms with Gasteiger partial charge < -0.3 is 0 Å². The predicted molar refractivity (Wildman–Crippen MR) is 150 cm³/mol. The number of rotatable bonds is 7. The van der Waals surface area contributed by atoms with Crippen molar-refractivity contribution in [2.24, 2.45) is 4.99 Å². The van der Waals surface area contributed by atoms with Gasteiger partial charge in [-0.25, -0.2) is 28.1 Å². The normalized spacial score (nSPS) is 14.3. The lowest BCUT2D eigenvalue weighted by atomic mass is 10.1. The first-order chi connectivity index (χ1) is 19.1. The number of sulfonamides is 1. The topological polar surface area (TPSA) is 148 Å². The van der Waals surface area contributed by atoms with Crippen LogP contribution in [0.1, 0.15) is 22.5 Å². The maximum atomic E-state index is 13.6. The van der Waals surface area contributed by atoms with Gasteiger partial charge in [-0.05, 0) is 56.3 Å². The number of nitro benzene ring substituents is 1. The number of amides is 1. The maximum Gasteiger partial charge on any atom is 0.282 e. The molecule has 4 aromatic rings. The molecule has 0 bridgehead atoms. The van der Waals surface area contributed by atoms with Gasteiger partial charge in [-0.3, -0.25) is 19.8 Å². The van der Waals surface area contributed by atoms with Crippen LogP contribution in [0.25, 0.3) is 6.08 Å². The van der Waals surface area contributed by atoms with Crippen molar-refractivity contribution in [2.45, 2.75) is 18.7 Å². The summed E-state index contributed by atoms with van der Waals surface area (Å²) in [7, 11) is -4.01. The average molecular weight is 555 g/mol. The molecule has 0 spiro atoms. The molecule has 11 nitrogen and oxygen atoms in total. The van der Waals surface area contributed by atoms with Crippen LogP contribution in [-0.2, 0) is 14.8 Å². The van der Waals surface area contributed by atoms with Crippen molar-refractivity contribution in [2.75, 3.05) is 9.62 Å². The molecule has 1 N–H and O–H groups in total. The highest BCUT2D eigenvalue weighted by Gasteiger charge is 2.33. The van der Waals surface area contributed by atoms with E-state index in [9.17, 15) is 23.3 Å². The van der Waals surface area contributed by atoms with Crippen LogP contribution in [-0.4, -0.2) is 35.1 Å². The second-order valence-electron chi connectivity index (χ2n) is 8.86. The van der Waals surface area contributed by atoms with E-state index in [1.165, 1.54) is 53.4 Å². The fraction of sp³-hybridized carbons (Fsp3) is 0.0714. The molecule has 12 heteroatoms. The first kappa shape index (κ1) is 26.4. The van der Waals surface area contributed by atoms with Crippen LogP contribution in [0.4, 0.5) is 17.3 Å². The lowest BCUT2D eigenvalue weighted by molar-refractivity contribution is -0.385. The Morgan fingerprint density at radius 3 is 2.17 bits per heavy atom. The van der Waals surface area contributed by atoms with Crippen LogP contribution in [0, 0.1) is 24.0 Å². The van der Waals surface area contributed by atoms with Crippen LogP contribution in [0.15, 0.2) is 101 Å². The van der Waals surface area contributed by atoms with E-state index in [1.54, 1.807) is 50.2 Å². The molecule has 40 heavy (non-hydrogen) atoms. The average Bonchev–Trinajstić information content (AvgIpc) is 3.24. The molecule has 0 saturated carbocycles. The zero-order chi connectivity index (χ0) is 28.4. The third kappa shape index (κ3) is 5.33. The van der Waals surface area contributed by atoms with E-state index < -0.39 is 20.9 Å². The number of anilines is 2. The summed E-state index contributed by atoms with van der Waals surface area (Å²) in [6.07, 6.45) is 1.37. The number of hydrogen-bond donors (Lipinski definition) is 1. The first-order valence-corrected chi connectivity index (χ1v) is 13.5. The number of hydrogen-bond acceptors (Lipinski definition) is 8. The van der Waals surface area contributed by atoms with Crippen molar-refractivity contribution in [3.05, 3.63) is 123 Å². The van der Waals surface area contributed by atoms with E-state index in [-0.39, 0.29) is 27.8 Å². The van der Waals surface area contributed by atoms with Gasteiger partial charge in [0.2, 0.25) is 5.95 Å². The summed E-state index contributed by atoms with van der Waals surface area (Å²) in [6.45, 7) is 3.47. The number of amidine groups is 1. The van der Waals surface area contributed by atoms with E-state index in [0.717, 1.165) is 0 Å². The SMILES string of the molecule is Cc1cc(C)nc(NS(=O)(=O)c2ccc(N3C(=O)/C(=C\c4ccccc4[N+](=O)[O-])N=C3c3ccccc3)cc2)n1. The summed E-state index contributed by atoms with van der Waals surface area (Å²) in [4.78, 5) is 38.6. The number of nitro groups is 1. The number of carbonyl (C=O) groups is 1. The van der Waals surface area contributed by atoms with Gasteiger partial charge in [0.15, 0.2) is 0 Å². The third-order valence-electron chi connectivity index (χ3n) is 5.93. The van der Waals surface area contributed by atoms with Crippen molar-refractivity contribution in [1.29, 1.82) is 0 Å². The summed E-state index contributed by atoms with van der Waals surface area (Å²) in [5.74, 6) is -0.262. The monoisotopic (exact) mass is 554 g/mol. The number of para-hydroxylation sites is 1. The molecule has 1 amide bonds. The second kappa shape index (κ2) is 10.5. The largest absolute Gasteiger partial charge is 0.282 e. The molecule has 0 radical (unpaired) electrons. The minimum Gasteiger partial charge on any atom is -0.266 e. The molecule has 0 aliphatic carbocycles. The van der Waals surface area contributed by atoms with E-state index in [0.29, 0.717) is 28.5 Å². The van der Waals surface area contributed by atoms with Crippen LogP contribution in [0.3, 0.4) is 0 Å². The van der Waals surface area contributed by atoms with Gasteiger partial charge in [0.1, 0.15) is 11.5 Å². The molecule has 0 saturated heterocycles. The number of nitrogens with one attached hydrogen (secondary N) is 1. The van der Waals surface area contributed by atoms with Crippen molar-refractivity contribution >= 4 is 45.2 Å². The van der Waals surface area contributed by atoms with Crippen molar-refractivity contribution in [3.63, 3.8) is 0 Å². The van der Waals surface area contributed by atoms with Crippen LogP contribution in [0.5, 0.6) is 0 Å². The van der Waals surface area contributed by atoms with Gasteiger partial charge in [-0.15, -0.1) is 0 Å². The molecule has 3 aromatic carbocycles. The van der Waals surface area contributed by atoms with E-state index in [4.69, 9.17) is 0 Å². The molecule has 5 rings (SSSR count). The summed E-state index contributed by atoms with van der Waals surface area (Å²) >= 11 is 0. The van der Waals surface area contributed by atoms with Gasteiger partial charge in [-0.2, -0.15) is 0 Å². The standard InChI is InChI=1S/C28H22N6O5S/c1-18-16-19(2)30-28(29-18)32-40(38,39)23-14-12-22(13-15-23)33-26(20-8-4-3-5-9-20)31-24(27(33)35)17-21-10-6-7-11-25(21)34(36)37/h3-17H,1-2H3,(H,29,30,32)/b24-17+. The number of benzene rings is 3. The smallest absolute Gasteiger partial charge is 0.266 e. The second-order valence-corrected chi connectivity index (χ2v) is 10.5. The van der Waals surface area contributed by atoms with Gasteiger partial charge in [0.05, 0.1) is 21.1 Å². The van der Waals surface area contributed by atoms with Gasteiger partial charge in [-0.1, -0.05) is 42.5 Å². The summed E-state index contributed by atoms with van der Waals surface area (Å²) in [5.41, 5.74) is 2.30. The highest BCUT2D eigenvalue weighted by atomic mass is 32.2. The van der Waals surface area contributed by atoms with Crippen molar-refractivity contribution < 1.29 is 18.1 Å². The summed E-state index contributed by atoms with van der Waals surface area (Å²) < 4.78 is 28.4. The Kier molecular flexibility index (Phi) is 6.92. The Labute approximate surface area is 229 Å². The Hall–Kier alpha value is -5.23. The molecule has 200 valence electrons. The van der Waals surface area contributed by atoms with Gasteiger partial charge >= 0.3 is 0 Å². The maximum absolute atomic E-state index is 13.6. The molecular formula is C28H22N6O5S. The summed E-state index contributed by atoms with van der Waals surface area (Å²) in [6, 6.07) is 22.4. The minimum atomic E-state index is -4.01. The van der Waals surface area contributed by atoms with Crippen LogP contribution >= 0.6 is 0 Å². The Morgan fingerprint density at radius 1 is 0.900 bits per heavy atom. The quantitative estimate of drug-likeness (QED) is 0.199. The summed E-state index contributed by atoms with van der Waals surface area (Å²) in [5, 5.41) is 11.5. The Morgan fingerprint density at radius 2 is 1.52 bits per heavy atom. The number of aromatic nitrogens is 2. The number of aryl methyl sites for hydroxylation is 2. The van der Waals surface area contributed by atoms with E-state index >= 15 is 0 Å². The molecule has 2 heterocycles. The van der Waals surface area contributed by atoms with Crippen LogP contribution < -0.4 is 9.62 Å². The van der Waals surface area contributed by atoms with Gasteiger partial charge in [0, 0.05) is 23.0 Å². The predicted octanol–water partition coefficient (Wildman–Crippen LogP) is 4.64. The Balaban J connectivity index is 1.51. The zero-order valence-electron chi connectivity index (χ0n) is 21.3. The lowest BCUT2D eigenvalue weighted by Crippen LogP contribution is -2.32. The van der Waals surface area contributed by atoms with Crippen molar-refractivity contribution in [1.82, 2.24) is 9.97 Å². The van der Waals surface area contributed by atoms with E-state index in [2.05, 4.69) is 19.7 Å². The fourth-order valence-corrected chi connectivity index (χ4v) is 5.13. The first-order valence-electron chi connectivity index (χ1n) is 12.0. The highest BCUT2D eigenvalue weighted by Crippen LogP contribution is 2.30. The Bertz CT molecular complexity index is 1780. The van der Waals surface area contributed by atoms with Gasteiger partial charge in [0.25, 0.3) is 21.6 Å². The molecule has 1 aromatic heterocycles. The molecule has 1 aliphatic heterocycles. The number of nitrogens with zero attached hydrogens (tertiary/aromatic N) is 5.